The summed E-state index contributed by atoms with van der Waals surface area (Å²) in [7, 11) is 1.76. The van der Waals surface area contributed by atoms with E-state index in [9.17, 15) is 20.1 Å². The number of methoxy groups -OCH3 is 1. The van der Waals surface area contributed by atoms with Crippen molar-refractivity contribution in [3.05, 3.63) is 0 Å². The summed E-state index contributed by atoms with van der Waals surface area (Å²) in [5.74, 6) is -3.70. The maximum absolute atomic E-state index is 11.7. The molecule has 19 atom stereocenters. The molecule has 0 aliphatic carbocycles. The molecule has 0 amide bonds. The Morgan fingerprint density at radius 2 is 1.60 bits per heavy atom. The van der Waals surface area contributed by atoms with E-state index in [-0.39, 0.29) is 114 Å². The first-order valence-electron chi connectivity index (χ1n) is 20.0. The van der Waals surface area contributed by atoms with Gasteiger partial charge in [0.05, 0.1) is 66.6 Å². The molecule has 6 heterocycles. The van der Waals surface area contributed by atoms with Gasteiger partial charge in [-0.05, 0) is 76.5 Å². The molecule has 2 N–H and O–H groups in total. The van der Waals surface area contributed by atoms with Gasteiger partial charge in [0.25, 0.3) is 0 Å². The maximum Gasteiger partial charge on any atom is 1.00 e. The zero-order chi connectivity index (χ0) is 37.3. The molecule has 6 rings (SSSR count). The minimum atomic E-state index is -1.55. The number of rotatable bonds is 9. The molecule has 12 heteroatoms. The van der Waals surface area contributed by atoms with Gasteiger partial charge in [-0.15, -0.1) is 0 Å². The van der Waals surface area contributed by atoms with E-state index in [1.807, 2.05) is 6.92 Å². The zero-order valence-electron chi connectivity index (χ0n) is 33.8. The van der Waals surface area contributed by atoms with Crippen LogP contribution >= 0.6 is 0 Å². The number of hydrogen-bond donors (Lipinski definition) is 2. The summed E-state index contributed by atoms with van der Waals surface area (Å²) in [6.45, 7) is 18.3. The van der Waals surface area contributed by atoms with Crippen molar-refractivity contribution in [2.45, 2.75) is 192 Å². The standard InChI is InChI=1S/C40H68O11.Na/c1-21-11-12-28(46-33(21)26(6)36(42)43)17-29-18-30(45-10)27(7)40(48-29)25(5)19-38(9,51-40)32-13-14-37(8,49-32)35-23(3)16-31(47-35)34-22(2)15-24(4)39(44,20-41)50-34;/h21-35,41,44H,11-20H2,1-10H3,(H,42,43);/q;+1/p-1/t21-,22-,23-,24+,25?,26?,27-,28+,29+,30+,31+,32?,33?,34-,35?,37?,38?,39-,40+;/m0./s1. The molecule has 0 bridgehead atoms. The van der Waals surface area contributed by atoms with Crippen molar-refractivity contribution in [2.75, 3.05) is 13.7 Å². The molecule has 0 aromatic rings. The number of hydrogen-bond acceptors (Lipinski definition) is 11. The van der Waals surface area contributed by atoms with E-state index < -0.39 is 41.3 Å². The number of carboxylic acid groups (broad SMARTS) is 1. The van der Waals surface area contributed by atoms with Crippen LogP contribution in [0.3, 0.4) is 0 Å². The van der Waals surface area contributed by atoms with Crippen LogP contribution in [0.1, 0.15) is 120 Å². The average Bonchev–Trinajstić information content (AvgIpc) is 3.75. The summed E-state index contributed by atoms with van der Waals surface area (Å²) in [6, 6.07) is 0. The maximum atomic E-state index is 11.7. The van der Waals surface area contributed by atoms with E-state index in [1.54, 1.807) is 14.0 Å². The number of aliphatic carboxylic acids is 1. The summed E-state index contributed by atoms with van der Waals surface area (Å²) in [5.41, 5.74) is -1.11. The third-order valence-electron chi connectivity index (χ3n) is 14.4. The van der Waals surface area contributed by atoms with Gasteiger partial charge in [0.2, 0.25) is 0 Å². The van der Waals surface area contributed by atoms with Gasteiger partial charge in [0.1, 0.15) is 0 Å². The first-order chi connectivity index (χ1) is 23.9. The summed E-state index contributed by atoms with van der Waals surface area (Å²) < 4.78 is 46.9. The summed E-state index contributed by atoms with van der Waals surface area (Å²) in [5, 5.41) is 32.7. The molecular weight excluding hydrogens is 679 g/mol. The second kappa shape index (κ2) is 16.2. The van der Waals surface area contributed by atoms with Crippen LogP contribution in [0.4, 0.5) is 0 Å². The van der Waals surface area contributed by atoms with E-state index in [2.05, 4.69) is 48.5 Å². The molecule has 7 unspecified atom stereocenters. The number of aliphatic hydroxyl groups excluding tert-OH is 1. The van der Waals surface area contributed by atoms with Crippen LogP contribution in [0.25, 0.3) is 0 Å². The van der Waals surface area contributed by atoms with E-state index in [1.165, 1.54) is 0 Å². The van der Waals surface area contributed by atoms with Gasteiger partial charge >= 0.3 is 29.6 Å². The Balaban J connectivity index is 0.00000523. The summed E-state index contributed by atoms with van der Waals surface area (Å²) >= 11 is 0. The molecule has 6 fully saturated rings. The predicted octanol–water partition coefficient (Wildman–Crippen LogP) is 1.37. The van der Waals surface area contributed by atoms with Gasteiger partial charge in [-0.25, -0.2) is 0 Å². The third kappa shape index (κ3) is 7.85. The Labute approximate surface area is 334 Å². The largest absolute Gasteiger partial charge is 1.00 e. The molecule has 6 saturated heterocycles. The molecule has 294 valence electrons. The fraction of sp³-hybridized carbons (Fsp3) is 0.975. The van der Waals surface area contributed by atoms with Crippen LogP contribution in [0, 0.1) is 41.4 Å². The fourth-order valence-electron chi connectivity index (χ4n) is 11.3. The second-order valence-corrected chi connectivity index (χ2v) is 18.4. The van der Waals surface area contributed by atoms with Gasteiger partial charge in [0.15, 0.2) is 11.6 Å². The number of carbonyl (C=O) groups excluding carboxylic acids is 1. The van der Waals surface area contributed by atoms with Gasteiger partial charge in [-0.2, -0.15) is 0 Å². The van der Waals surface area contributed by atoms with Crippen LogP contribution in [0.15, 0.2) is 0 Å². The molecule has 0 aromatic heterocycles. The molecular formula is C40H67NaO11. The molecule has 6 aliphatic heterocycles. The first kappa shape index (κ1) is 43.2. The van der Waals surface area contributed by atoms with Gasteiger partial charge in [0, 0.05) is 49.6 Å². The van der Waals surface area contributed by atoms with Crippen LogP contribution in [0.5, 0.6) is 0 Å². The van der Waals surface area contributed by atoms with E-state index in [0.29, 0.717) is 6.42 Å². The monoisotopic (exact) mass is 746 g/mol. The Morgan fingerprint density at radius 1 is 0.885 bits per heavy atom. The molecule has 0 saturated carbocycles. The van der Waals surface area contributed by atoms with Gasteiger partial charge in [-0.1, -0.05) is 48.5 Å². The van der Waals surface area contributed by atoms with E-state index in [4.69, 9.17) is 33.2 Å². The predicted molar refractivity (Wildman–Crippen MR) is 186 cm³/mol. The Morgan fingerprint density at radius 3 is 2.25 bits per heavy atom. The van der Waals surface area contributed by atoms with Crippen LogP contribution in [-0.4, -0.2) is 102 Å². The Hall–Kier alpha value is 0.110. The molecule has 11 nitrogen and oxygen atoms in total. The second-order valence-electron chi connectivity index (χ2n) is 18.4. The topological polar surface area (TPSA) is 145 Å². The van der Waals surface area contributed by atoms with E-state index >= 15 is 0 Å². The normalized spacial score (nSPS) is 53.2. The van der Waals surface area contributed by atoms with Crippen LogP contribution in [0.2, 0.25) is 0 Å². The molecule has 6 aliphatic rings. The van der Waals surface area contributed by atoms with Gasteiger partial charge < -0.3 is 53.3 Å². The van der Waals surface area contributed by atoms with Crippen molar-refractivity contribution >= 4 is 5.97 Å². The Bertz CT molecular complexity index is 1240. The van der Waals surface area contributed by atoms with Gasteiger partial charge in [-0.3, -0.25) is 0 Å². The first-order valence-corrected chi connectivity index (χ1v) is 20.0. The smallest absolute Gasteiger partial charge is 0.550 e. The van der Waals surface area contributed by atoms with Crippen molar-refractivity contribution in [1.82, 2.24) is 0 Å². The minimum absolute atomic E-state index is 0. The molecule has 0 aromatic carbocycles. The quantitative estimate of drug-likeness (QED) is 0.331. The van der Waals surface area contributed by atoms with Crippen LogP contribution < -0.4 is 34.7 Å². The molecule has 1 spiro atoms. The molecule has 0 radical (unpaired) electrons. The van der Waals surface area contributed by atoms with Crippen molar-refractivity contribution in [3.8, 4) is 0 Å². The van der Waals surface area contributed by atoms with Crippen molar-refractivity contribution < 1.29 is 82.8 Å². The number of carbonyl (C=O) groups is 1. The summed E-state index contributed by atoms with van der Waals surface area (Å²) in [4.78, 5) is 11.7. The Kier molecular flexibility index (Phi) is 13.4. The SMILES string of the molecule is CO[C@@H]1C[C@@H](C[C@H]2CC[C@H](C)C(C(C)C(=O)[O-])O2)O[C@]2(OC(C)(C3CCC(C)(C4O[C@@H]([C@H]5O[C@@](O)(CO)[C@H](C)C[C@@H]5C)C[C@@H]4C)O3)CC2C)[C@H]1C.[Na+]. The van der Waals surface area contributed by atoms with Crippen LogP contribution in [-0.2, 0) is 38.0 Å². The zero-order valence-corrected chi connectivity index (χ0v) is 35.8. The van der Waals surface area contributed by atoms with Crippen molar-refractivity contribution in [3.63, 3.8) is 0 Å². The minimum Gasteiger partial charge on any atom is -0.550 e. The fourth-order valence-corrected chi connectivity index (χ4v) is 11.3. The average molecular weight is 747 g/mol. The third-order valence-corrected chi connectivity index (χ3v) is 14.4. The number of aliphatic hydroxyl groups is 2. The van der Waals surface area contributed by atoms with E-state index in [0.717, 1.165) is 51.4 Å². The van der Waals surface area contributed by atoms with Crippen molar-refractivity contribution in [1.29, 1.82) is 0 Å². The van der Waals surface area contributed by atoms with Crippen molar-refractivity contribution in [2.24, 2.45) is 41.4 Å². The number of ether oxygens (including phenoxy) is 7. The number of carboxylic acids is 1. The molecule has 52 heavy (non-hydrogen) atoms. The summed E-state index contributed by atoms with van der Waals surface area (Å²) in [6.07, 6.45) is 5.62.